The van der Waals surface area contributed by atoms with Gasteiger partial charge in [0.1, 0.15) is 0 Å². The van der Waals surface area contributed by atoms with E-state index in [1.165, 1.54) is 19.1 Å². The minimum atomic E-state index is -3.72. The first-order valence-corrected chi connectivity index (χ1v) is 10.8. The third-order valence-electron chi connectivity index (χ3n) is 4.92. The Hall–Kier alpha value is -2.96. The summed E-state index contributed by atoms with van der Waals surface area (Å²) in [6, 6.07) is 25.8. The fourth-order valence-electron chi connectivity index (χ4n) is 3.23. The second-order valence-corrected chi connectivity index (χ2v) is 8.86. The Morgan fingerprint density at radius 1 is 0.828 bits per heavy atom. The van der Waals surface area contributed by atoms with Crippen LogP contribution in [0.15, 0.2) is 89.8 Å². The summed E-state index contributed by atoms with van der Waals surface area (Å²) in [7, 11) is -3.72. The van der Waals surface area contributed by atoms with E-state index in [4.69, 9.17) is 0 Å². The van der Waals surface area contributed by atoms with Crippen LogP contribution in [0.5, 0.6) is 0 Å². The van der Waals surface area contributed by atoms with Gasteiger partial charge in [-0.05, 0) is 35.4 Å². The standard InChI is InChI=1S/C23H24N2O3S/c1-18(26)25-21-13-15-22(16-14-21)29(27,28)24-17-23(2,19-9-5-3-6-10-19)20-11-7-4-8-12-20/h3-16,24H,17H2,1-2H3,(H,25,26). The molecule has 0 aromatic heterocycles. The molecule has 0 saturated heterocycles. The summed E-state index contributed by atoms with van der Waals surface area (Å²) in [4.78, 5) is 11.3. The Bertz CT molecular complexity index is 1020. The van der Waals surface area contributed by atoms with Crippen molar-refractivity contribution >= 4 is 21.6 Å². The summed E-state index contributed by atoms with van der Waals surface area (Å²) < 4.78 is 28.5. The largest absolute Gasteiger partial charge is 0.326 e. The van der Waals surface area contributed by atoms with Crippen LogP contribution in [0.4, 0.5) is 5.69 Å². The smallest absolute Gasteiger partial charge is 0.240 e. The number of hydrogen-bond acceptors (Lipinski definition) is 3. The predicted molar refractivity (Wildman–Crippen MR) is 115 cm³/mol. The first-order valence-electron chi connectivity index (χ1n) is 9.30. The molecule has 3 rings (SSSR count). The molecular weight excluding hydrogens is 384 g/mol. The van der Waals surface area contributed by atoms with Gasteiger partial charge in [-0.2, -0.15) is 0 Å². The zero-order chi connectivity index (χ0) is 20.9. The van der Waals surface area contributed by atoms with Crippen LogP contribution in [0, 0.1) is 0 Å². The molecule has 0 aliphatic carbocycles. The van der Waals surface area contributed by atoms with Gasteiger partial charge in [0, 0.05) is 24.6 Å². The van der Waals surface area contributed by atoms with Gasteiger partial charge in [-0.15, -0.1) is 0 Å². The lowest BCUT2D eigenvalue weighted by atomic mass is 9.76. The lowest BCUT2D eigenvalue weighted by Gasteiger charge is -2.31. The number of hydrogen-bond donors (Lipinski definition) is 2. The minimum Gasteiger partial charge on any atom is -0.326 e. The Kier molecular flexibility index (Phi) is 6.15. The number of anilines is 1. The molecule has 0 fully saturated rings. The van der Waals surface area contributed by atoms with Crippen LogP contribution in [-0.2, 0) is 20.2 Å². The van der Waals surface area contributed by atoms with E-state index in [-0.39, 0.29) is 17.3 Å². The van der Waals surface area contributed by atoms with E-state index >= 15 is 0 Å². The summed E-state index contributed by atoms with van der Waals surface area (Å²) in [5.41, 5.74) is 2.06. The lowest BCUT2D eigenvalue weighted by Crippen LogP contribution is -2.39. The average molecular weight is 409 g/mol. The van der Waals surface area contributed by atoms with Crippen LogP contribution in [-0.4, -0.2) is 20.9 Å². The van der Waals surface area contributed by atoms with Crippen LogP contribution in [0.2, 0.25) is 0 Å². The molecular formula is C23H24N2O3S. The minimum absolute atomic E-state index is 0.148. The quantitative estimate of drug-likeness (QED) is 0.622. The molecule has 1 amide bonds. The highest BCUT2D eigenvalue weighted by Crippen LogP contribution is 2.31. The van der Waals surface area contributed by atoms with Crippen LogP contribution >= 0.6 is 0 Å². The number of nitrogens with one attached hydrogen (secondary N) is 2. The van der Waals surface area contributed by atoms with Crippen molar-refractivity contribution in [2.45, 2.75) is 24.2 Å². The Labute approximate surface area is 171 Å². The Balaban J connectivity index is 1.86. The van der Waals surface area contributed by atoms with Crippen molar-refractivity contribution in [1.82, 2.24) is 4.72 Å². The van der Waals surface area contributed by atoms with Gasteiger partial charge in [0.05, 0.1) is 4.90 Å². The maximum Gasteiger partial charge on any atom is 0.240 e. The molecule has 5 nitrogen and oxygen atoms in total. The fourth-order valence-corrected chi connectivity index (χ4v) is 4.37. The average Bonchev–Trinajstić information content (AvgIpc) is 2.73. The van der Waals surface area contributed by atoms with Gasteiger partial charge in [0.15, 0.2) is 0 Å². The first-order chi connectivity index (χ1) is 13.8. The Morgan fingerprint density at radius 2 is 1.31 bits per heavy atom. The van der Waals surface area contributed by atoms with Crippen molar-refractivity contribution in [1.29, 1.82) is 0 Å². The van der Waals surface area contributed by atoms with Crippen molar-refractivity contribution in [3.05, 3.63) is 96.1 Å². The normalized spacial score (nSPS) is 11.8. The highest BCUT2D eigenvalue weighted by molar-refractivity contribution is 7.89. The highest BCUT2D eigenvalue weighted by atomic mass is 32.2. The molecule has 0 saturated carbocycles. The molecule has 0 aliphatic rings. The molecule has 0 bridgehead atoms. The molecule has 0 aliphatic heterocycles. The van der Waals surface area contributed by atoms with Gasteiger partial charge in [0.2, 0.25) is 15.9 Å². The number of amides is 1. The summed E-state index contributed by atoms with van der Waals surface area (Å²) >= 11 is 0. The van der Waals surface area contributed by atoms with E-state index < -0.39 is 15.4 Å². The van der Waals surface area contributed by atoms with Crippen molar-refractivity contribution in [2.75, 3.05) is 11.9 Å². The summed E-state index contributed by atoms with van der Waals surface area (Å²) in [5.74, 6) is -0.208. The van der Waals surface area contributed by atoms with Crippen molar-refractivity contribution in [3.8, 4) is 0 Å². The van der Waals surface area contributed by atoms with Crippen LogP contribution in [0.25, 0.3) is 0 Å². The highest BCUT2D eigenvalue weighted by Gasteiger charge is 2.30. The van der Waals surface area contributed by atoms with Gasteiger partial charge in [-0.25, -0.2) is 13.1 Å². The number of sulfonamides is 1. The zero-order valence-corrected chi connectivity index (χ0v) is 17.2. The van der Waals surface area contributed by atoms with E-state index in [2.05, 4.69) is 10.0 Å². The third-order valence-corrected chi connectivity index (χ3v) is 6.34. The maximum atomic E-state index is 12.9. The summed E-state index contributed by atoms with van der Waals surface area (Å²) in [5, 5.41) is 2.63. The second-order valence-electron chi connectivity index (χ2n) is 7.09. The number of carbonyl (C=O) groups is 1. The van der Waals surface area contributed by atoms with E-state index in [0.29, 0.717) is 5.69 Å². The van der Waals surface area contributed by atoms with Crippen LogP contribution in [0.1, 0.15) is 25.0 Å². The van der Waals surface area contributed by atoms with Crippen molar-refractivity contribution in [3.63, 3.8) is 0 Å². The van der Waals surface area contributed by atoms with Gasteiger partial charge < -0.3 is 5.32 Å². The van der Waals surface area contributed by atoms with Crippen molar-refractivity contribution < 1.29 is 13.2 Å². The summed E-state index contributed by atoms with van der Waals surface area (Å²) in [6.45, 7) is 3.64. The third kappa shape index (κ3) is 4.91. The van der Waals surface area contributed by atoms with E-state index in [1.54, 1.807) is 12.1 Å². The monoisotopic (exact) mass is 408 g/mol. The Morgan fingerprint density at radius 3 is 1.76 bits per heavy atom. The van der Waals surface area contributed by atoms with Gasteiger partial charge >= 0.3 is 0 Å². The van der Waals surface area contributed by atoms with Gasteiger partial charge in [-0.3, -0.25) is 4.79 Å². The molecule has 0 radical (unpaired) electrons. The molecule has 0 atom stereocenters. The molecule has 2 N–H and O–H groups in total. The molecule has 6 heteroatoms. The van der Waals surface area contributed by atoms with Gasteiger partial charge in [0.25, 0.3) is 0 Å². The SMILES string of the molecule is CC(=O)Nc1ccc(S(=O)(=O)NCC(C)(c2ccccc2)c2ccccc2)cc1. The molecule has 0 heterocycles. The topological polar surface area (TPSA) is 75.3 Å². The first kappa shape index (κ1) is 20.8. The lowest BCUT2D eigenvalue weighted by molar-refractivity contribution is -0.114. The molecule has 0 spiro atoms. The number of benzene rings is 3. The predicted octanol–water partition coefficient (Wildman–Crippen LogP) is 3.93. The molecule has 0 unspecified atom stereocenters. The molecule has 3 aromatic rings. The van der Waals surface area contributed by atoms with Gasteiger partial charge in [-0.1, -0.05) is 67.6 Å². The molecule has 3 aromatic carbocycles. The van der Waals surface area contributed by atoms with E-state index in [0.717, 1.165) is 11.1 Å². The molecule has 150 valence electrons. The number of rotatable bonds is 7. The maximum absolute atomic E-state index is 12.9. The number of carbonyl (C=O) groups excluding carboxylic acids is 1. The van der Waals surface area contributed by atoms with Crippen LogP contribution < -0.4 is 10.0 Å². The van der Waals surface area contributed by atoms with Crippen LogP contribution in [0.3, 0.4) is 0 Å². The second kappa shape index (κ2) is 8.59. The van der Waals surface area contributed by atoms with E-state index in [1.807, 2.05) is 67.6 Å². The van der Waals surface area contributed by atoms with E-state index in [9.17, 15) is 13.2 Å². The zero-order valence-electron chi connectivity index (χ0n) is 16.4. The molecule has 29 heavy (non-hydrogen) atoms. The fraction of sp³-hybridized carbons (Fsp3) is 0.174. The summed E-state index contributed by atoms with van der Waals surface area (Å²) in [6.07, 6.45) is 0. The van der Waals surface area contributed by atoms with Crippen molar-refractivity contribution in [2.24, 2.45) is 0 Å².